The van der Waals surface area contributed by atoms with Gasteiger partial charge in [-0.05, 0) is 60.4 Å². The number of benzene rings is 3. The topological polar surface area (TPSA) is 92.5 Å². The van der Waals surface area contributed by atoms with Crippen LogP contribution in [0, 0.1) is 10.1 Å². The third kappa shape index (κ3) is 4.73. The normalized spacial score (nSPS) is 12.9. The molecule has 0 aliphatic carbocycles. The van der Waals surface area contributed by atoms with Crippen LogP contribution < -0.4 is 10.2 Å². The average molecular weight is 427 g/mol. The standard InChI is InChI=1S/C25H21N3O4/c29-24(14-11-18-6-4-10-22(16-18)28(31)32)26-21-12-13-23-20(17-21)9-5-15-27(23)25(30)19-7-2-1-3-8-19/h1-4,6-8,10-14,16-17H,5,9,15H2,(H,26,29)/b14-11+. The predicted octanol–water partition coefficient (Wildman–Crippen LogP) is 4.84. The third-order valence-corrected chi connectivity index (χ3v) is 5.24. The molecule has 0 radical (unpaired) electrons. The largest absolute Gasteiger partial charge is 0.323 e. The van der Waals surface area contributed by atoms with Crippen LogP contribution >= 0.6 is 0 Å². The summed E-state index contributed by atoms with van der Waals surface area (Å²) in [7, 11) is 0. The van der Waals surface area contributed by atoms with Crippen molar-refractivity contribution >= 4 is 35.0 Å². The molecule has 160 valence electrons. The van der Waals surface area contributed by atoms with Gasteiger partial charge in [-0.2, -0.15) is 0 Å². The second-order valence-corrected chi connectivity index (χ2v) is 7.44. The van der Waals surface area contributed by atoms with Gasteiger partial charge in [0.1, 0.15) is 0 Å². The molecule has 0 unspecified atom stereocenters. The summed E-state index contributed by atoms with van der Waals surface area (Å²) in [4.78, 5) is 37.4. The zero-order valence-corrected chi connectivity index (χ0v) is 17.2. The van der Waals surface area contributed by atoms with E-state index in [1.807, 2.05) is 30.3 Å². The van der Waals surface area contributed by atoms with Gasteiger partial charge >= 0.3 is 0 Å². The fraction of sp³-hybridized carbons (Fsp3) is 0.120. The molecule has 2 amide bonds. The number of anilines is 2. The van der Waals surface area contributed by atoms with Gasteiger partial charge in [0.15, 0.2) is 0 Å². The lowest BCUT2D eigenvalue weighted by Crippen LogP contribution is -2.35. The molecule has 0 aromatic heterocycles. The average Bonchev–Trinajstić information content (AvgIpc) is 2.82. The minimum Gasteiger partial charge on any atom is -0.323 e. The predicted molar refractivity (Wildman–Crippen MR) is 124 cm³/mol. The number of nitrogens with zero attached hydrogens (tertiary/aromatic N) is 2. The van der Waals surface area contributed by atoms with Gasteiger partial charge in [0, 0.05) is 41.7 Å². The summed E-state index contributed by atoms with van der Waals surface area (Å²) >= 11 is 0. The van der Waals surface area contributed by atoms with Crippen molar-refractivity contribution < 1.29 is 14.5 Å². The van der Waals surface area contributed by atoms with Crippen LogP contribution in [-0.4, -0.2) is 23.3 Å². The zero-order chi connectivity index (χ0) is 22.5. The molecule has 32 heavy (non-hydrogen) atoms. The Kier molecular flexibility index (Phi) is 6.07. The Labute approximate surface area is 185 Å². The van der Waals surface area contributed by atoms with Crippen molar-refractivity contribution in [1.82, 2.24) is 0 Å². The van der Waals surface area contributed by atoms with E-state index < -0.39 is 4.92 Å². The van der Waals surface area contributed by atoms with E-state index in [0.717, 1.165) is 24.1 Å². The lowest BCUT2D eigenvalue weighted by molar-refractivity contribution is -0.384. The van der Waals surface area contributed by atoms with E-state index in [-0.39, 0.29) is 17.5 Å². The Bertz CT molecular complexity index is 1200. The molecule has 7 heteroatoms. The van der Waals surface area contributed by atoms with Gasteiger partial charge in [-0.1, -0.05) is 30.3 Å². The maximum absolute atomic E-state index is 12.9. The van der Waals surface area contributed by atoms with Crippen LogP contribution in [0.3, 0.4) is 0 Å². The highest BCUT2D eigenvalue weighted by atomic mass is 16.6. The smallest absolute Gasteiger partial charge is 0.270 e. The Morgan fingerprint density at radius 3 is 2.59 bits per heavy atom. The molecule has 0 fully saturated rings. The SMILES string of the molecule is O=C(/C=C/c1cccc([N+](=O)[O-])c1)Nc1ccc2c(c1)CCCN2C(=O)c1ccccc1. The van der Waals surface area contributed by atoms with E-state index >= 15 is 0 Å². The van der Waals surface area contributed by atoms with Gasteiger partial charge in [-0.25, -0.2) is 0 Å². The number of nitro benzene ring substituents is 1. The second-order valence-electron chi connectivity index (χ2n) is 7.44. The molecule has 3 aromatic rings. The number of fused-ring (bicyclic) bond motifs is 1. The van der Waals surface area contributed by atoms with Crippen molar-refractivity contribution in [3.63, 3.8) is 0 Å². The van der Waals surface area contributed by atoms with Crippen LogP contribution in [0.5, 0.6) is 0 Å². The van der Waals surface area contributed by atoms with Gasteiger partial charge in [0.2, 0.25) is 5.91 Å². The van der Waals surface area contributed by atoms with Crippen molar-refractivity contribution in [3.05, 3.63) is 106 Å². The van der Waals surface area contributed by atoms with E-state index in [1.165, 1.54) is 24.3 Å². The van der Waals surface area contributed by atoms with E-state index in [0.29, 0.717) is 23.4 Å². The number of carbonyl (C=O) groups excluding carboxylic acids is 2. The highest BCUT2D eigenvalue weighted by Crippen LogP contribution is 2.31. The van der Waals surface area contributed by atoms with Crippen LogP contribution in [-0.2, 0) is 11.2 Å². The van der Waals surface area contributed by atoms with Crippen LogP contribution in [0.2, 0.25) is 0 Å². The van der Waals surface area contributed by atoms with Gasteiger partial charge in [0.25, 0.3) is 11.6 Å². The molecule has 4 rings (SSSR count). The Balaban J connectivity index is 1.47. The lowest BCUT2D eigenvalue weighted by atomic mass is 10.00. The van der Waals surface area contributed by atoms with Crippen LogP contribution in [0.1, 0.15) is 27.9 Å². The summed E-state index contributed by atoms with van der Waals surface area (Å²) in [5.41, 5.74) is 3.67. The number of hydrogen-bond donors (Lipinski definition) is 1. The maximum atomic E-state index is 12.9. The maximum Gasteiger partial charge on any atom is 0.270 e. The number of non-ortho nitro benzene ring substituents is 1. The van der Waals surface area contributed by atoms with Crippen LogP contribution in [0.15, 0.2) is 78.9 Å². The van der Waals surface area contributed by atoms with Crippen LogP contribution in [0.4, 0.5) is 17.1 Å². The Morgan fingerprint density at radius 1 is 1.00 bits per heavy atom. The first-order chi connectivity index (χ1) is 15.5. The third-order valence-electron chi connectivity index (χ3n) is 5.24. The molecule has 0 atom stereocenters. The van der Waals surface area contributed by atoms with Gasteiger partial charge in [-0.3, -0.25) is 19.7 Å². The minimum absolute atomic E-state index is 0.0307. The molecule has 1 aliphatic rings. The van der Waals surface area contributed by atoms with E-state index in [4.69, 9.17) is 0 Å². The first-order valence-corrected chi connectivity index (χ1v) is 10.2. The van der Waals surface area contributed by atoms with E-state index in [1.54, 1.807) is 35.2 Å². The van der Waals surface area contributed by atoms with Crippen LogP contribution in [0.25, 0.3) is 6.08 Å². The Hall–Kier alpha value is -4.26. The molecular formula is C25H21N3O4. The minimum atomic E-state index is -0.476. The molecule has 0 spiro atoms. The quantitative estimate of drug-likeness (QED) is 0.358. The molecule has 0 bridgehead atoms. The molecule has 7 nitrogen and oxygen atoms in total. The first-order valence-electron chi connectivity index (χ1n) is 10.2. The number of aryl methyl sites for hydroxylation is 1. The fourth-order valence-corrected chi connectivity index (χ4v) is 3.72. The number of carbonyl (C=O) groups is 2. The molecule has 1 N–H and O–H groups in total. The summed E-state index contributed by atoms with van der Waals surface area (Å²) in [5, 5.41) is 13.7. The number of rotatable bonds is 5. The summed E-state index contributed by atoms with van der Waals surface area (Å²) in [6, 6.07) is 20.8. The van der Waals surface area contributed by atoms with Crippen molar-refractivity contribution in [2.75, 3.05) is 16.8 Å². The van der Waals surface area contributed by atoms with E-state index in [2.05, 4.69) is 5.32 Å². The highest BCUT2D eigenvalue weighted by molar-refractivity contribution is 6.07. The van der Waals surface area contributed by atoms with Crippen molar-refractivity contribution in [1.29, 1.82) is 0 Å². The summed E-state index contributed by atoms with van der Waals surface area (Å²) < 4.78 is 0. The van der Waals surface area contributed by atoms with E-state index in [9.17, 15) is 19.7 Å². The van der Waals surface area contributed by atoms with Crippen molar-refractivity contribution in [2.45, 2.75) is 12.8 Å². The summed E-state index contributed by atoms with van der Waals surface area (Å²) in [5.74, 6) is -0.382. The second kappa shape index (κ2) is 9.26. The number of nitro groups is 1. The summed E-state index contributed by atoms with van der Waals surface area (Å²) in [6.07, 6.45) is 4.53. The Morgan fingerprint density at radius 2 is 1.81 bits per heavy atom. The fourth-order valence-electron chi connectivity index (χ4n) is 3.72. The van der Waals surface area contributed by atoms with Gasteiger partial charge < -0.3 is 10.2 Å². The monoisotopic (exact) mass is 427 g/mol. The molecule has 1 aliphatic heterocycles. The molecule has 0 saturated carbocycles. The van der Waals surface area contributed by atoms with Gasteiger partial charge in [-0.15, -0.1) is 0 Å². The number of amides is 2. The highest BCUT2D eigenvalue weighted by Gasteiger charge is 2.23. The molecule has 3 aromatic carbocycles. The van der Waals surface area contributed by atoms with Gasteiger partial charge in [0.05, 0.1) is 4.92 Å². The molecular weight excluding hydrogens is 406 g/mol. The first kappa shape index (κ1) is 21.0. The zero-order valence-electron chi connectivity index (χ0n) is 17.2. The number of nitrogens with one attached hydrogen (secondary N) is 1. The lowest BCUT2D eigenvalue weighted by Gasteiger charge is -2.30. The molecule has 1 heterocycles. The summed E-state index contributed by atoms with van der Waals surface area (Å²) in [6.45, 7) is 0.651. The number of hydrogen-bond acceptors (Lipinski definition) is 4. The van der Waals surface area contributed by atoms with Crippen molar-refractivity contribution in [3.8, 4) is 0 Å². The molecule has 0 saturated heterocycles. The van der Waals surface area contributed by atoms with Crippen molar-refractivity contribution in [2.24, 2.45) is 0 Å².